The third-order valence-electron chi connectivity index (χ3n) is 1.56. The number of phenols is 1. The van der Waals surface area contributed by atoms with Crippen molar-refractivity contribution in [2.24, 2.45) is 0 Å². The lowest BCUT2D eigenvalue weighted by molar-refractivity contribution is 0.0521. The molecule has 5 heteroatoms. The molecule has 1 aromatic rings. The molecule has 1 aromatic carbocycles. The van der Waals surface area contributed by atoms with Crippen molar-refractivity contribution >= 4 is 21.9 Å². The molecule has 0 saturated carbocycles. The van der Waals surface area contributed by atoms with Crippen molar-refractivity contribution in [1.82, 2.24) is 0 Å². The number of aromatic hydroxyl groups is 1. The first-order valence-electron chi connectivity index (χ1n) is 3.92. The summed E-state index contributed by atoms with van der Waals surface area (Å²) in [5.41, 5.74) is -0.188. The largest absolute Gasteiger partial charge is 0.504 e. The summed E-state index contributed by atoms with van der Waals surface area (Å²) in [7, 11) is 0. The standard InChI is InChI=1S/C9H8BrFO3/c1-2-14-9(13)7-5(10)3-4-6(11)8(7)12/h3-4,12H,2H2,1H3. The minimum atomic E-state index is -0.851. The number of carbonyl (C=O) groups excluding carboxylic acids is 1. The maximum Gasteiger partial charge on any atom is 0.343 e. The first kappa shape index (κ1) is 11.0. The van der Waals surface area contributed by atoms with E-state index in [9.17, 15) is 14.3 Å². The third kappa shape index (κ3) is 2.04. The Balaban J connectivity index is 3.18. The number of halogens is 2. The Bertz CT molecular complexity index is 365. The van der Waals surface area contributed by atoms with Crippen molar-refractivity contribution in [3.05, 3.63) is 28.0 Å². The van der Waals surface area contributed by atoms with E-state index in [0.717, 1.165) is 6.07 Å². The average Bonchev–Trinajstić information content (AvgIpc) is 2.13. The summed E-state index contributed by atoms with van der Waals surface area (Å²) in [6.45, 7) is 1.80. The van der Waals surface area contributed by atoms with E-state index in [1.807, 2.05) is 0 Å². The van der Waals surface area contributed by atoms with Gasteiger partial charge in [-0.2, -0.15) is 0 Å². The van der Waals surface area contributed by atoms with Gasteiger partial charge in [-0.05, 0) is 35.0 Å². The van der Waals surface area contributed by atoms with E-state index in [4.69, 9.17) is 0 Å². The number of carbonyl (C=O) groups is 1. The zero-order chi connectivity index (χ0) is 10.7. The molecule has 0 aromatic heterocycles. The van der Waals surface area contributed by atoms with Crippen LogP contribution in [0.3, 0.4) is 0 Å². The second-order valence-corrected chi connectivity index (χ2v) is 3.33. The number of phenolic OH excluding ortho intramolecular Hbond substituents is 1. The summed E-state index contributed by atoms with van der Waals surface area (Å²) >= 11 is 3.02. The van der Waals surface area contributed by atoms with Crippen molar-refractivity contribution in [1.29, 1.82) is 0 Å². The van der Waals surface area contributed by atoms with Crippen LogP contribution < -0.4 is 0 Å². The van der Waals surface area contributed by atoms with Crippen LogP contribution in [0.15, 0.2) is 16.6 Å². The normalized spacial score (nSPS) is 9.93. The average molecular weight is 263 g/mol. The lowest BCUT2D eigenvalue weighted by Gasteiger charge is -2.06. The Morgan fingerprint density at radius 1 is 1.64 bits per heavy atom. The lowest BCUT2D eigenvalue weighted by atomic mass is 10.2. The van der Waals surface area contributed by atoms with E-state index >= 15 is 0 Å². The predicted octanol–water partition coefficient (Wildman–Crippen LogP) is 2.47. The molecule has 0 saturated heterocycles. The number of benzene rings is 1. The van der Waals surface area contributed by atoms with Crippen molar-refractivity contribution in [3.63, 3.8) is 0 Å². The molecule has 0 fully saturated rings. The Morgan fingerprint density at radius 2 is 2.29 bits per heavy atom. The Kier molecular flexibility index (Phi) is 3.46. The SMILES string of the molecule is CCOC(=O)c1c(Br)ccc(F)c1O. The molecule has 76 valence electrons. The van der Waals surface area contributed by atoms with Crippen LogP contribution >= 0.6 is 15.9 Å². The van der Waals surface area contributed by atoms with E-state index < -0.39 is 17.5 Å². The highest BCUT2D eigenvalue weighted by atomic mass is 79.9. The van der Waals surface area contributed by atoms with Gasteiger partial charge < -0.3 is 9.84 Å². The van der Waals surface area contributed by atoms with Gasteiger partial charge in [-0.25, -0.2) is 9.18 Å². The fourth-order valence-corrected chi connectivity index (χ4v) is 1.42. The summed E-state index contributed by atoms with van der Waals surface area (Å²) < 4.78 is 17.8. The van der Waals surface area contributed by atoms with Crippen LogP contribution in [-0.2, 0) is 4.74 Å². The summed E-state index contributed by atoms with van der Waals surface area (Å²) in [4.78, 5) is 11.3. The molecule has 0 spiro atoms. The first-order valence-corrected chi connectivity index (χ1v) is 4.71. The molecular formula is C9H8BrFO3. The molecule has 0 unspecified atom stereocenters. The zero-order valence-electron chi connectivity index (χ0n) is 7.38. The minimum Gasteiger partial charge on any atom is -0.504 e. The van der Waals surface area contributed by atoms with Gasteiger partial charge in [0.1, 0.15) is 5.56 Å². The molecular weight excluding hydrogens is 255 g/mol. The highest BCUT2D eigenvalue weighted by Gasteiger charge is 2.19. The molecule has 0 aliphatic rings. The number of hydrogen-bond donors (Lipinski definition) is 1. The topological polar surface area (TPSA) is 46.5 Å². The van der Waals surface area contributed by atoms with E-state index in [2.05, 4.69) is 20.7 Å². The summed E-state index contributed by atoms with van der Waals surface area (Å²) in [6.07, 6.45) is 0. The van der Waals surface area contributed by atoms with Crippen molar-refractivity contribution < 1.29 is 19.0 Å². The summed E-state index contributed by atoms with van der Waals surface area (Å²) in [5, 5.41) is 9.27. The van der Waals surface area contributed by atoms with Gasteiger partial charge in [-0.3, -0.25) is 0 Å². The van der Waals surface area contributed by atoms with E-state index in [0.29, 0.717) is 4.47 Å². The van der Waals surface area contributed by atoms with Crippen LogP contribution in [0.4, 0.5) is 4.39 Å². The van der Waals surface area contributed by atoms with E-state index in [1.54, 1.807) is 6.92 Å². The fraction of sp³-hybridized carbons (Fsp3) is 0.222. The molecule has 0 heterocycles. The van der Waals surface area contributed by atoms with Crippen LogP contribution in [0.1, 0.15) is 17.3 Å². The molecule has 0 bridgehead atoms. The molecule has 1 N–H and O–H groups in total. The summed E-state index contributed by atoms with van der Waals surface area (Å²) in [5.74, 6) is -2.30. The number of rotatable bonds is 2. The lowest BCUT2D eigenvalue weighted by Crippen LogP contribution is -2.06. The Hall–Kier alpha value is -1.10. The molecule has 0 amide bonds. The van der Waals surface area contributed by atoms with Crippen LogP contribution in [0.25, 0.3) is 0 Å². The van der Waals surface area contributed by atoms with Gasteiger partial charge in [-0.15, -0.1) is 0 Å². The molecule has 0 radical (unpaired) electrons. The van der Waals surface area contributed by atoms with Crippen LogP contribution in [0.5, 0.6) is 5.75 Å². The van der Waals surface area contributed by atoms with Crippen molar-refractivity contribution in [2.45, 2.75) is 6.92 Å². The van der Waals surface area contributed by atoms with Gasteiger partial charge in [0, 0.05) is 4.47 Å². The Morgan fingerprint density at radius 3 is 2.86 bits per heavy atom. The number of hydrogen-bond acceptors (Lipinski definition) is 3. The second-order valence-electron chi connectivity index (χ2n) is 2.47. The van der Waals surface area contributed by atoms with Crippen LogP contribution in [0.2, 0.25) is 0 Å². The van der Waals surface area contributed by atoms with Crippen LogP contribution in [-0.4, -0.2) is 17.7 Å². The molecule has 3 nitrogen and oxygen atoms in total. The van der Waals surface area contributed by atoms with Crippen LogP contribution in [0, 0.1) is 5.82 Å². The molecule has 0 aliphatic carbocycles. The van der Waals surface area contributed by atoms with Gasteiger partial charge in [-0.1, -0.05) is 0 Å². The molecule has 0 aliphatic heterocycles. The zero-order valence-corrected chi connectivity index (χ0v) is 8.97. The van der Waals surface area contributed by atoms with Gasteiger partial charge in [0.05, 0.1) is 6.61 Å². The van der Waals surface area contributed by atoms with E-state index in [-0.39, 0.29) is 12.2 Å². The molecule has 0 atom stereocenters. The Labute approximate surface area is 88.6 Å². The predicted molar refractivity (Wildman–Crippen MR) is 51.7 cm³/mol. The molecule has 1 rings (SSSR count). The minimum absolute atomic E-state index is 0.168. The maximum absolute atomic E-state index is 12.9. The van der Waals surface area contributed by atoms with Gasteiger partial charge in [0.25, 0.3) is 0 Å². The quantitative estimate of drug-likeness (QED) is 0.834. The maximum atomic E-state index is 12.9. The second kappa shape index (κ2) is 4.41. The van der Waals surface area contributed by atoms with Crippen molar-refractivity contribution in [2.75, 3.05) is 6.61 Å². The highest BCUT2D eigenvalue weighted by Crippen LogP contribution is 2.29. The highest BCUT2D eigenvalue weighted by molar-refractivity contribution is 9.10. The molecule has 14 heavy (non-hydrogen) atoms. The van der Waals surface area contributed by atoms with Gasteiger partial charge >= 0.3 is 5.97 Å². The van der Waals surface area contributed by atoms with Crippen molar-refractivity contribution in [3.8, 4) is 5.75 Å². The fourth-order valence-electron chi connectivity index (χ4n) is 0.939. The van der Waals surface area contributed by atoms with E-state index in [1.165, 1.54) is 6.07 Å². The van der Waals surface area contributed by atoms with Gasteiger partial charge in [0.2, 0.25) is 0 Å². The first-order chi connectivity index (χ1) is 6.57. The summed E-state index contributed by atoms with van der Waals surface area (Å²) in [6, 6.07) is 2.39. The smallest absolute Gasteiger partial charge is 0.343 e. The third-order valence-corrected chi connectivity index (χ3v) is 2.22. The monoisotopic (exact) mass is 262 g/mol. The number of ether oxygens (including phenoxy) is 1. The number of esters is 1. The van der Waals surface area contributed by atoms with Gasteiger partial charge in [0.15, 0.2) is 11.6 Å².